The van der Waals surface area contributed by atoms with Crippen molar-refractivity contribution in [1.29, 1.82) is 0 Å². The number of hydrogen-bond donors (Lipinski definition) is 1. The minimum Gasteiger partial charge on any atom is -0.335 e. The van der Waals surface area contributed by atoms with Crippen molar-refractivity contribution in [1.82, 2.24) is 4.90 Å². The Morgan fingerprint density at radius 2 is 2.00 bits per heavy atom. The maximum absolute atomic E-state index is 4.81. The van der Waals surface area contributed by atoms with Crippen LogP contribution in [0.25, 0.3) is 0 Å². The molecule has 3 aliphatic rings. The minimum absolute atomic E-state index is 0. The van der Waals surface area contributed by atoms with Crippen molar-refractivity contribution < 1.29 is 0 Å². The highest BCUT2D eigenvalue weighted by Gasteiger charge is 2.28. The van der Waals surface area contributed by atoms with Crippen molar-refractivity contribution in [3.63, 3.8) is 0 Å². The molecule has 1 N–H and O–H groups in total. The molecular formula is C19H17BrCl2N4S2. The van der Waals surface area contributed by atoms with Gasteiger partial charge in [-0.25, -0.2) is 4.99 Å². The Kier molecular flexibility index (Phi) is 7.04. The van der Waals surface area contributed by atoms with E-state index in [2.05, 4.69) is 79.0 Å². The van der Waals surface area contributed by atoms with Crippen molar-refractivity contribution in [3.8, 4) is 0 Å². The molecule has 28 heavy (non-hydrogen) atoms. The van der Waals surface area contributed by atoms with E-state index in [9.17, 15) is 0 Å². The number of aliphatic imine (C=N–C) groups is 2. The second kappa shape index (κ2) is 9.13. The molecule has 0 fully saturated rings. The van der Waals surface area contributed by atoms with Crippen LogP contribution in [0.4, 0.5) is 11.4 Å². The smallest absolute Gasteiger partial charge is 0.173 e. The second-order valence-corrected chi connectivity index (χ2v) is 8.89. The fraction of sp³-hybridized carbons (Fsp3) is 0.158. The lowest BCUT2D eigenvalue weighted by molar-refractivity contribution is 0.519. The number of hydrogen-bond acceptors (Lipinski definition) is 6. The van der Waals surface area contributed by atoms with Gasteiger partial charge in [-0.15, -0.1) is 24.8 Å². The zero-order valence-electron chi connectivity index (χ0n) is 14.6. The summed E-state index contributed by atoms with van der Waals surface area (Å²) in [5, 5.41) is 7.70. The number of nitrogens with one attached hydrogen (secondary N) is 1. The first-order chi connectivity index (χ1) is 12.8. The van der Waals surface area contributed by atoms with E-state index in [4.69, 9.17) is 4.99 Å². The molecule has 3 heterocycles. The summed E-state index contributed by atoms with van der Waals surface area (Å²) in [6.45, 7) is 1.63. The van der Waals surface area contributed by atoms with Gasteiger partial charge < -0.3 is 10.2 Å². The molecule has 5 rings (SSSR count). The van der Waals surface area contributed by atoms with Crippen LogP contribution in [-0.2, 0) is 13.1 Å². The summed E-state index contributed by atoms with van der Waals surface area (Å²) in [5.41, 5.74) is 6.03. The van der Waals surface area contributed by atoms with Gasteiger partial charge in [0.05, 0.1) is 18.8 Å². The molecule has 0 radical (unpaired) electrons. The topological polar surface area (TPSA) is 40.0 Å². The van der Waals surface area contributed by atoms with Crippen molar-refractivity contribution in [2.75, 3.05) is 11.1 Å². The molecule has 2 aromatic carbocycles. The Morgan fingerprint density at radius 3 is 2.89 bits per heavy atom. The summed E-state index contributed by atoms with van der Waals surface area (Å²) in [7, 11) is 0. The van der Waals surface area contributed by atoms with Crippen LogP contribution >= 0.6 is 64.3 Å². The Morgan fingerprint density at radius 1 is 1.14 bits per heavy atom. The monoisotopic (exact) mass is 514 g/mol. The molecular weight excluding hydrogens is 499 g/mol. The first-order valence-electron chi connectivity index (χ1n) is 8.29. The standard InChI is InChI=1S/C19H15BrN4S2.2ClH/c20-14-6-5-13-9-24-15(11-26-19(24)23-17(13)7-14)10-25-18-21-8-12-3-1-2-4-16(12)22-18;;/h1-7,11H,8-10H2,(H,21,22);2*1H. The van der Waals surface area contributed by atoms with Gasteiger partial charge in [0.2, 0.25) is 0 Å². The van der Waals surface area contributed by atoms with Gasteiger partial charge >= 0.3 is 0 Å². The average molecular weight is 516 g/mol. The van der Waals surface area contributed by atoms with E-state index in [1.807, 2.05) is 0 Å². The average Bonchev–Trinajstić information content (AvgIpc) is 3.06. The SMILES string of the molecule is Brc1ccc2c(c1)N=C1SC=C(CSC3=NCc4ccccc4N3)N1C2.Cl.Cl. The van der Waals surface area contributed by atoms with Crippen LogP contribution in [-0.4, -0.2) is 21.0 Å². The molecule has 2 aromatic rings. The van der Waals surface area contributed by atoms with Crippen molar-refractivity contribution in [3.05, 3.63) is 69.2 Å². The zero-order valence-corrected chi connectivity index (χ0v) is 19.4. The van der Waals surface area contributed by atoms with E-state index >= 15 is 0 Å². The van der Waals surface area contributed by atoms with Crippen LogP contribution in [0.5, 0.6) is 0 Å². The molecule has 0 unspecified atom stereocenters. The number of rotatable bonds is 2. The fourth-order valence-corrected chi connectivity index (χ4v) is 5.33. The van der Waals surface area contributed by atoms with E-state index in [0.717, 1.165) is 39.3 Å². The largest absolute Gasteiger partial charge is 0.335 e. The van der Waals surface area contributed by atoms with Crippen LogP contribution < -0.4 is 5.32 Å². The summed E-state index contributed by atoms with van der Waals surface area (Å²) < 4.78 is 1.07. The summed E-state index contributed by atoms with van der Waals surface area (Å²) in [5.74, 6) is 0.881. The number of para-hydroxylation sites is 1. The number of fused-ring (bicyclic) bond motifs is 3. The van der Waals surface area contributed by atoms with Crippen molar-refractivity contribution >= 4 is 86.0 Å². The summed E-state index contributed by atoms with van der Waals surface area (Å²) in [6, 6.07) is 14.7. The molecule has 146 valence electrons. The lowest BCUT2D eigenvalue weighted by Crippen LogP contribution is -2.27. The van der Waals surface area contributed by atoms with Crippen molar-refractivity contribution in [2.45, 2.75) is 13.1 Å². The van der Waals surface area contributed by atoms with Gasteiger partial charge in [0.1, 0.15) is 0 Å². The molecule has 0 saturated heterocycles. The number of thioether (sulfide) groups is 2. The third-order valence-electron chi connectivity index (χ3n) is 4.48. The van der Waals surface area contributed by atoms with E-state index < -0.39 is 0 Å². The molecule has 3 aliphatic heterocycles. The quantitative estimate of drug-likeness (QED) is 0.502. The molecule has 9 heteroatoms. The summed E-state index contributed by atoms with van der Waals surface area (Å²) >= 11 is 6.98. The normalized spacial score (nSPS) is 16.2. The maximum Gasteiger partial charge on any atom is 0.173 e. The van der Waals surface area contributed by atoms with E-state index in [0.29, 0.717) is 0 Å². The van der Waals surface area contributed by atoms with Crippen LogP contribution in [0.15, 0.2) is 68.0 Å². The number of anilines is 1. The molecule has 0 saturated carbocycles. The number of halogens is 3. The molecule has 0 amide bonds. The van der Waals surface area contributed by atoms with Gasteiger partial charge in [0.25, 0.3) is 0 Å². The van der Waals surface area contributed by atoms with Crippen LogP contribution in [0.2, 0.25) is 0 Å². The van der Waals surface area contributed by atoms with Gasteiger partial charge in [-0.2, -0.15) is 0 Å². The van der Waals surface area contributed by atoms with Gasteiger partial charge in [-0.05, 0) is 34.7 Å². The Balaban J connectivity index is 0.00000112. The van der Waals surface area contributed by atoms with Gasteiger partial charge in [-0.1, -0.05) is 63.7 Å². The number of benzene rings is 2. The lowest BCUT2D eigenvalue weighted by atomic mass is 10.1. The van der Waals surface area contributed by atoms with Crippen molar-refractivity contribution in [2.24, 2.45) is 9.98 Å². The zero-order chi connectivity index (χ0) is 17.5. The molecule has 0 bridgehead atoms. The predicted octanol–water partition coefficient (Wildman–Crippen LogP) is 6.40. The Hall–Kier alpha value is -1.12. The van der Waals surface area contributed by atoms with Gasteiger partial charge in [-0.3, -0.25) is 4.99 Å². The highest BCUT2D eigenvalue weighted by Crippen LogP contribution is 2.39. The third-order valence-corrected chi connectivity index (χ3v) is 6.83. The molecule has 0 aliphatic carbocycles. The number of nitrogens with zero attached hydrogens (tertiary/aromatic N) is 3. The molecule has 0 aromatic heterocycles. The van der Waals surface area contributed by atoms with Crippen LogP contribution in [0.3, 0.4) is 0 Å². The Labute approximate surface area is 193 Å². The first-order valence-corrected chi connectivity index (χ1v) is 10.9. The van der Waals surface area contributed by atoms with E-state index in [-0.39, 0.29) is 24.8 Å². The maximum atomic E-state index is 4.81. The molecule has 0 spiro atoms. The lowest BCUT2D eigenvalue weighted by Gasteiger charge is -2.27. The van der Waals surface area contributed by atoms with E-state index in [1.165, 1.54) is 22.5 Å². The van der Waals surface area contributed by atoms with Gasteiger partial charge in [0, 0.05) is 21.6 Å². The predicted molar refractivity (Wildman–Crippen MR) is 131 cm³/mol. The van der Waals surface area contributed by atoms with Crippen LogP contribution in [0.1, 0.15) is 11.1 Å². The highest BCUT2D eigenvalue weighted by atomic mass is 79.9. The molecule has 4 nitrogen and oxygen atoms in total. The summed E-state index contributed by atoms with van der Waals surface area (Å²) in [4.78, 5) is 11.8. The Bertz CT molecular complexity index is 994. The molecule has 0 atom stereocenters. The fourth-order valence-electron chi connectivity index (χ4n) is 3.10. The van der Waals surface area contributed by atoms with E-state index in [1.54, 1.807) is 23.5 Å². The second-order valence-electron chi connectivity index (χ2n) is 6.17. The summed E-state index contributed by atoms with van der Waals surface area (Å²) in [6.07, 6.45) is 0. The minimum atomic E-state index is 0. The van der Waals surface area contributed by atoms with Gasteiger partial charge in [0.15, 0.2) is 10.3 Å². The highest BCUT2D eigenvalue weighted by molar-refractivity contribution is 9.10. The third kappa shape index (κ3) is 4.24. The van der Waals surface area contributed by atoms with Crippen LogP contribution in [0, 0.1) is 0 Å². The first kappa shape index (κ1) is 21.6. The number of amidine groups is 2.